The summed E-state index contributed by atoms with van der Waals surface area (Å²) in [5.74, 6) is 0. The number of nitrogens with two attached hydrogens (primary N) is 1. The van der Waals surface area contributed by atoms with E-state index in [0.29, 0.717) is 0 Å². The van der Waals surface area contributed by atoms with Gasteiger partial charge in [-0.05, 0) is 46.4 Å². The number of hydrogen-bond donors (Lipinski definition) is 1. The Balaban J connectivity index is 1.58. The third-order valence-corrected chi connectivity index (χ3v) is 4.58. The van der Waals surface area contributed by atoms with Crippen LogP contribution in [0.3, 0.4) is 0 Å². The Hall–Kier alpha value is -1.34. The van der Waals surface area contributed by atoms with Gasteiger partial charge in [0, 0.05) is 42.5 Å². The molecule has 1 aliphatic rings. The topological polar surface area (TPSA) is 45.4 Å². The third kappa shape index (κ3) is 3.65. The van der Waals surface area contributed by atoms with Gasteiger partial charge in [0.25, 0.3) is 0 Å². The zero-order chi connectivity index (χ0) is 14.7. The van der Waals surface area contributed by atoms with E-state index in [-0.39, 0.29) is 0 Å². The summed E-state index contributed by atoms with van der Waals surface area (Å²) in [6, 6.07) is 10.8. The van der Waals surface area contributed by atoms with Gasteiger partial charge in [-0.1, -0.05) is 12.1 Å². The molecule has 0 amide bonds. The lowest BCUT2D eigenvalue weighted by atomic mass is 10.2. The molecule has 2 heterocycles. The molecule has 1 aromatic carbocycles. The standard InChI is InChI=1S/C16H19IN4/c17-14-3-1-13(2-4-14)12-20-7-9-21(10-8-20)16-5-6-19-11-15(16)18/h1-6,11H,7-10,12,18H2. The molecule has 21 heavy (non-hydrogen) atoms. The van der Waals surface area contributed by atoms with Gasteiger partial charge in [0.2, 0.25) is 0 Å². The second kappa shape index (κ2) is 6.62. The number of hydrogen-bond acceptors (Lipinski definition) is 4. The van der Waals surface area contributed by atoms with E-state index in [0.717, 1.165) is 44.1 Å². The van der Waals surface area contributed by atoms with Crippen molar-refractivity contribution in [3.05, 3.63) is 51.9 Å². The van der Waals surface area contributed by atoms with Gasteiger partial charge in [0.05, 0.1) is 17.6 Å². The van der Waals surface area contributed by atoms with Gasteiger partial charge in [-0.15, -0.1) is 0 Å². The van der Waals surface area contributed by atoms with E-state index in [9.17, 15) is 0 Å². The first kappa shape index (κ1) is 14.6. The van der Waals surface area contributed by atoms with Gasteiger partial charge in [-0.3, -0.25) is 9.88 Å². The predicted octanol–water partition coefficient (Wildman–Crippen LogP) is 2.59. The molecule has 0 bridgehead atoms. The summed E-state index contributed by atoms with van der Waals surface area (Å²) < 4.78 is 1.29. The van der Waals surface area contributed by atoms with Crippen molar-refractivity contribution in [3.8, 4) is 0 Å². The van der Waals surface area contributed by atoms with Crippen molar-refractivity contribution in [1.82, 2.24) is 9.88 Å². The highest BCUT2D eigenvalue weighted by Crippen LogP contribution is 2.23. The van der Waals surface area contributed by atoms with E-state index in [4.69, 9.17) is 5.73 Å². The molecule has 110 valence electrons. The van der Waals surface area contributed by atoms with E-state index in [1.54, 1.807) is 6.20 Å². The summed E-state index contributed by atoms with van der Waals surface area (Å²) in [5.41, 5.74) is 9.26. The molecule has 2 N–H and O–H groups in total. The maximum atomic E-state index is 6.01. The van der Waals surface area contributed by atoms with E-state index < -0.39 is 0 Å². The average Bonchev–Trinajstić information content (AvgIpc) is 2.51. The van der Waals surface area contributed by atoms with Crippen molar-refractivity contribution >= 4 is 34.0 Å². The lowest BCUT2D eigenvalue weighted by molar-refractivity contribution is 0.250. The maximum absolute atomic E-state index is 6.01. The Morgan fingerprint density at radius 1 is 1.05 bits per heavy atom. The van der Waals surface area contributed by atoms with Gasteiger partial charge in [-0.2, -0.15) is 0 Å². The van der Waals surface area contributed by atoms with Crippen LogP contribution in [-0.4, -0.2) is 36.1 Å². The molecular formula is C16H19IN4. The zero-order valence-corrected chi connectivity index (χ0v) is 14.0. The zero-order valence-electron chi connectivity index (χ0n) is 11.9. The average molecular weight is 394 g/mol. The number of halogens is 1. The number of anilines is 2. The largest absolute Gasteiger partial charge is 0.396 e. The van der Waals surface area contributed by atoms with Crippen molar-refractivity contribution in [3.63, 3.8) is 0 Å². The number of nitrogen functional groups attached to an aromatic ring is 1. The minimum Gasteiger partial charge on any atom is -0.396 e. The summed E-state index contributed by atoms with van der Waals surface area (Å²) in [4.78, 5) is 8.90. The molecule has 3 rings (SSSR count). The van der Waals surface area contributed by atoms with E-state index in [1.807, 2.05) is 12.3 Å². The van der Waals surface area contributed by atoms with Crippen molar-refractivity contribution in [1.29, 1.82) is 0 Å². The molecule has 0 atom stereocenters. The Morgan fingerprint density at radius 2 is 1.76 bits per heavy atom. The summed E-state index contributed by atoms with van der Waals surface area (Å²) >= 11 is 2.34. The van der Waals surface area contributed by atoms with Crippen molar-refractivity contribution in [2.75, 3.05) is 36.8 Å². The third-order valence-electron chi connectivity index (χ3n) is 3.86. The summed E-state index contributed by atoms with van der Waals surface area (Å²) in [5, 5.41) is 0. The Kier molecular flexibility index (Phi) is 4.60. The fourth-order valence-corrected chi connectivity index (χ4v) is 3.04. The predicted molar refractivity (Wildman–Crippen MR) is 95.3 cm³/mol. The van der Waals surface area contributed by atoms with Gasteiger partial charge >= 0.3 is 0 Å². The van der Waals surface area contributed by atoms with Crippen LogP contribution in [0.15, 0.2) is 42.7 Å². The SMILES string of the molecule is Nc1cnccc1N1CCN(Cc2ccc(I)cc2)CC1. The van der Waals surface area contributed by atoms with Crippen molar-refractivity contribution in [2.45, 2.75) is 6.54 Å². The van der Waals surface area contributed by atoms with Crippen molar-refractivity contribution < 1.29 is 0 Å². The van der Waals surface area contributed by atoms with Gasteiger partial charge in [0.15, 0.2) is 0 Å². The maximum Gasteiger partial charge on any atom is 0.0738 e. The molecule has 1 aliphatic heterocycles. The lowest BCUT2D eigenvalue weighted by Gasteiger charge is -2.36. The van der Waals surface area contributed by atoms with Crippen LogP contribution in [0.4, 0.5) is 11.4 Å². The highest BCUT2D eigenvalue weighted by Gasteiger charge is 2.18. The van der Waals surface area contributed by atoms with Crippen LogP contribution in [0.5, 0.6) is 0 Å². The van der Waals surface area contributed by atoms with Crippen LogP contribution in [0.2, 0.25) is 0 Å². The molecule has 1 aromatic heterocycles. The first-order valence-electron chi connectivity index (χ1n) is 7.13. The lowest BCUT2D eigenvalue weighted by Crippen LogP contribution is -2.46. The molecule has 0 saturated carbocycles. The Labute approximate surface area is 139 Å². The fourth-order valence-electron chi connectivity index (χ4n) is 2.68. The molecule has 0 spiro atoms. The second-order valence-electron chi connectivity index (χ2n) is 5.32. The highest BCUT2D eigenvalue weighted by molar-refractivity contribution is 14.1. The van der Waals surface area contributed by atoms with E-state index in [1.165, 1.54) is 9.13 Å². The summed E-state index contributed by atoms with van der Waals surface area (Å²) in [7, 11) is 0. The molecule has 0 unspecified atom stereocenters. The molecule has 0 aliphatic carbocycles. The molecule has 1 saturated heterocycles. The number of pyridine rings is 1. The molecule has 0 radical (unpaired) electrons. The smallest absolute Gasteiger partial charge is 0.0738 e. The van der Waals surface area contributed by atoms with Crippen LogP contribution in [0.1, 0.15) is 5.56 Å². The van der Waals surface area contributed by atoms with Gasteiger partial charge < -0.3 is 10.6 Å². The number of piperazine rings is 1. The fraction of sp³-hybridized carbons (Fsp3) is 0.312. The summed E-state index contributed by atoms with van der Waals surface area (Å²) in [6.45, 7) is 5.18. The number of benzene rings is 1. The Morgan fingerprint density at radius 3 is 2.43 bits per heavy atom. The number of nitrogens with zero attached hydrogens (tertiary/aromatic N) is 3. The molecular weight excluding hydrogens is 375 g/mol. The normalized spacial score (nSPS) is 16.1. The number of rotatable bonds is 3. The molecule has 4 nitrogen and oxygen atoms in total. The van der Waals surface area contributed by atoms with E-state index >= 15 is 0 Å². The number of aromatic nitrogens is 1. The second-order valence-corrected chi connectivity index (χ2v) is 6.57. The molecule has 1 fully saturated rings. The molecule has 5 heteroatoms. The van der Waals surface area contributed by atoms with Crippen molar-refractivity contribution in [2.24, 2.45) is 0 Å². The van der Waals surface area contributed by atoms with Crippen LogP contribution < -0.4 is 10.6 Å². The minimum absolute atomic E-state index is 0.767. The Bertz CT molecular complexity index is 591. The van der Waals surface area contributed by atoms with Gasteiger partial charge in [0.1, 0.15) is 0 Å². The quantitative estimate of drug-likeness (QED) is 0.814. The first-order valence-corrected chi connectivity index (χ1v) is 8.21. The highest BCUT2D eigenvalue weighted by atomic mass is 127. The van der Waals surface area contributed by atoms with Crippen LogP contribution in [0.25, 0.3) is 0 Å². The van der Waals surface area contributed by atoms with Gasteiger partial charge in [-0.25, -0.2) is 0 Å². The van der Waals surface area contributed by atoms with Crippen LogP contribution in [0, 0.1) is 3.57 Å². The summed E-state index contributed by atoms with van der Waals surface area (Å²) in [6.07, 6.45) is 3.54. The minimum atomic E-state index is 0.767. The molecule has 2 aromatic rings. The van der Waals surface area contributed by atoms with E-state index in [2.05, 4.69) is 61.6 Å². The monoisotopic (exact) mass is 394 g/mol. The first-order chi connectivity index (χ1) is 10.2. The van der Waals surface area contributed by atoms with Crippen LogP contribution in [-0.2, 0) is 6.54 Å². The van der Waals surface area contributed by atoms with Crippen LogP contribution >= 0.6 is 22.6 Å².